The normalized spacial score (nSPS) is 16.6. The molecule has 0 bridgehead atoms. The minimum absolute atomic E-state index is 0.542. The van der Waals surface area contributed by atoms with Crippen LogP contribution in [0.25, 0.3) is 0 Å². The predicted molar refractivity (Wildman–Crippen MR) is 55.5 cm³/mol. The average Bonchev–Trinajstić information content (AvgIpc) is 2.09. The lowest BCUT2D eigenvalue weighted by Gasteiger charge is -2.25. The van der Waals surface area contributed by atoms with Crippen molar-refractivity contribution in [3.8, 4) is 0 Å². The van der Waals surface area contributed by atoms with E-state index < -0.39 is 0 Å². The van der Waals surface area contributed by atoms with Gasteiger partial charge in [0, 0.05) is 6.20 Å². The van der Waals surface area contributed by atoms with Gasteiger partial charge in [-0.05, 0) is 31.4 Å². The van der Waals surface area contributed by atoms with Crippen LogP contribution < -0.4 is 11.1 Å². The molecule has 1 aliphatic rings. The molecule has 1 aromatic rings. The first-order valence-corrected chi connectivity index (χ1v) is 5.13. The summed E-state index contributed by atoms with van der Waals surface area (Å²) in [4.78, 5) is 8.24. The first kappa shape index (κ1) is 9.40. The molecule has 0 amide bonds. The molecule has 2 rings (SSSR count). The van der Waals surface area contributed by atoms with Gasteiger partial charge in [-0.15, -0.1) is 0 Å². The zero-order valence-corrected chi connectivity index (χ0v) is 8.24. The Morgan fingerprint density at radius 3 is 3.00 bits per heavy atom. The lowest BCUT2D eigenvalue weighted by molar-refractivity contribution is 0.300. The van der Waals surface area contributed by atoms with Crippen molar-refractivity contribution in [3.63, 3.8) is 0 Å². The van der Waals surface area contributed by atoms with E-state index >= 15 is 0 Å². The van der Waals surface area contributed by atoms with Crippen LogP contribution in [0, 0.1) is 5.92 Å². The summed E-state index contributed by atoms with van der Waals surface area (Å²) in [7, 11) is 0. The van der Waals surface area contributed by atoms with E-state index in [0.29, 0.717) is 5.82 Å². The van der Waals surface area contributed by atoms with Crippen LogP contribution >= 0.6 is 0 Å². The maximum atomic E-state index is 5.55. The Bertz CT molecular complexity index is 296. The van der Waals surface area contributed by atoms with Gasteiger partial charge in [0.05, 0.1) is 6.54 Å². The van der Waals surface area contributed by atoms with E-state index in [9.17, 15) is 0 Å². The minimum Gasteiger partial charge on any atom is -0.384 e. The number of hydrogen-bond donors (Lipinski definition) is 2. The maximum Gasteiger partial charge on any atom is 0.144 e. The van der Waals surface area contributed by atoms with Crippen LogP contribution in [0.3, 0.4) is 0 Å². The monoisotopic (exact) mass is 192 g/mol. The summed E-state index contributed by atoms with van der Waals surface area (Å²) in [6, 6.07) is 1.70. The topological polar surface area (TPSA) is 63.8 Å². The number of anilines is 1. The molecule has 4 heteroatoms. The van der Waals surface area contributed by atoms with Crippen molar-refractivity contribution in [3.05, 3.63) is 18.1 Å². The molecule has 4 nitrogen and oxygen atoms in total. The molecule has 1 aromatic heterocycles. The van der Waals surface area contributed by atoms with Crippen molar-refractivity contribution in [2.24, 2.45) is 5.92 Å². The van der Waals surface area contributed by atoms with Gasteiger partial charge in [-0.25, -0.2) is 9.97 Å². The number of nitrogens with zero attached hydrogens (tertiary/aromatic N) is 2. The maximum absolute atomic E-state index is 5.55. The summed E-state index contributed by atoms with van der Waals surface area (Å²) in [5, 5.41) is 3.35. The molecule has 0 saturated heterocycles. The largest absolute Gasteiger partial charge is 0.384 e. The molecule has 0 aliphatic heterocycles. The molecule has 76 valence electrons. The van der Waals surface area contributed by atoms with Gasteiger partial charge in [0.2, 0.25) is 0 Å². The van der Waals surface area contributed by atoms with Gasteiger partial charge in [-0.1, -0.05) is 6.42 Å². The zero-order chi connectivity index (χ0) is 9.80. The van der Waals surface area contributed by atoms with Crippen LogP contribution in [0.15, 0.2) is 12.3 Å². The lowest BCUT2D eigenvalue weighted by atomic mass is 9.85. The molecule has 14 heavy (non-hydrogen) atoms. The zero-order valence-electron chi connectivity index (χ0n) is 8.24. The van der Waals surface area contributed by atoms with E-state index in [2.05, 4.69) is 15.3 Å². The van der Waals surface area contributed by atoms with Crippen molar-refractivity contribution >= 4 is 5.82 Å². The predicted octanol–water partition coefficient (Wildman–Crippen LogP) is 0.948. The second-order valence-electron chi connectivity index (χ2n) is 3.83. The SMILES string of the molecule is Nc1ccnc(CNCC2CCC2)n1. The van der Waals surface area contributed by atoms with Crippen LogP contribution in [0.1, 0.15) is 25.1 Å². The number of hydrogen-bond acceptors (Lipinski definition) is 4. The summed E-state index contributed by atoms with van der Waals surface area (Å²) < 4.78 is 0. The van der Waals surface area contributed by atoms with Gasteiger partial charge in [0.15, 0.2) is 0 Å². The summed E-state index contributed by atoms with van der Waals surface area (Å²) >= 11 is 0. The van der Waals surface area contributed by atoms with Crippen molar-refractivity contribution in [2.75, 3.05) is 12.3 Å². The second kappa shape index (κ2) is 4.37. The Morgan fingerprint density at radius 2 is 2.36 bits per heavy atom. The van der Waals surface area contributed by atoms with E-state index in [1.807, 2.05) is 0 Å². The molecular weight excluding hydrogens is 176 g/mol. The van der Waals surface area contributed by atoms with Crippen LogP contribution in [0.2, 0.25) is 0 Å². The molecule has 0 radical (unpaired) electrons. The highest BCUT2D eigenvalue weighted by Crippen LogP contribution is 2.25. The number of nitrogens with one attached hydrogen (secondary N) is 1. The van der Waals surface area contributed by atoms with E-state index in [0.717, 1.165) is 24.8 Å². The fourth-order valence-corrected chi connectivity index (χ4v) is 1.59. The molecule has 1 heterocycles. The third-order valence-electron chi connectivity index (χ3n) is 2.67. The molecule has 1 aliphatic carbocycles. The number of nitrogens with two attached hydrogens (primary N) is 1. The molecule has 0 spiro atoms. The Hall–Kier alpha value is -1.16. The van der Waals surface area contributed by atoms with Gasteiger partial charge in [-0.3, -0.25) is 0 Å². The molecule has 1 saturated carbocycles. The first-order chi connectivity index (χ1) is 6.84. The fraction of sp³-hybridized carbons (Fsp3) is 0.600. The van der Waals surface area contributed by atoms with Crippen LogP contribution in [-0.4, -0.2) is 16.5 Å². The molecule has 0 atom stereocenters. The average molecular weight is 192 g/mol. The smallest absolute Gasteiger partial charge is 0.144 e. The molecule has 0 aromatic carbocycles. The lowest BCUT2D eigenvalue weighted by Crippen LogP contribution is -2.27. The first-order valence-electron chi connectivity index (χ1n) is 5.13. The van der Waals surface area contributed by atoms with Crippen molar-refractivity contribution in [1.29, 1.82) is 0 Å². The van der Waals surface area contributed by atoms with Gasteiger partial charge in [0.25, 0.3) is 0 Å². The summed E-state index contributed by atoms with van der Waals surface area (Å²) in [6.45, 7) is 1.81. The summed E-state index contributed by atoms with van der Waals surface area (Å²) in [6.07, 6.45) is 5.82. The number of rotatable bonds is 4. The Labute approximate surface area is 83.9 Å². The fourth-order valence-electron chi connectivity index (χ4n) is 1.59. The van der Waals surface area contributed by atoms with Crippen molar-refractivity contribution in [2.45, 2.75) is 25.8 Å². The molecule has 0 unspecified atom stereocenters. The summed E-state index contributed by atoms with van der Waals surface area (Å²) in [5.74, 6) is 2.20. The van der Waals surface area contributed by atoms with Gasteiger partial charge in [-0.2, -0.15) is 0 Å². The standard InChI is InChI=1S/C10H16N4/c11-9-4-5-13-10(14-9)7-12-6-8-2-1-3-8/h4-5,8,12H,1-3,6-7H2,(H2,11,13,14). The molecule has 3 N–H and O–H groups in total. The van der Waals surface area contributed by atoms with E-state index in [1.54, 1.807) is 12.3 Å². The van der Waals surface area contributed by atoms with E-state index in [-0.39, 0.29) is 0 Å². The number of aromatic nitrogens is 2. The third kappa shape index (κ3) is 2.42. The van der Waals surface area contributed by atoms with Crippen LogP contribution in [0.5, 0.6) is 0 Å². The Kier molecular flexibility index (Phi) is 2.93. The quantitative estimate of drug-likeness (QED) is 0.745. The highest BCUT2D eigenvalue weighted by molar-refractivity contribution is 5.24. The van der Waals surface area contributed by atoms with Crippen LogP contribution in [0.4, 0.5) is 5.82 Å². The highest BCUT2D eigenvalue weighted by Gasteiger charge is 2.16. The minimum atomic E-state index is 0.542. The van der Waals surface area contributed by atoms with Crippen molar-refractivity contribution in [1.82, 2.24) is 15.3 Å². The number of nitrogen functional groups attached to an aromatic ring is 1. The van der Waals surface area contributed by atoms with Gasteiger partial charge in [0.1, 0.15) is 11.6 Å². The molecule has 1 fully saturated rings. The second-order valence-corrected chi connectivity index (χ2v) is 3.83. The third-order valence-corrected chi connectivity index (χ3v) is 2.67. The molecular formula is C10H16N4. The van der Waals surface area contributed by atoms with E-state index in [4.69, 9.17) is 5.73 Å². The Balaban J connectivity index is 1.74. The Morgan fingerprint density at radius 1 is 1.50 bits per heavy atom. The van der Waals surface area contributed by atoms with E-state index in [1.165, 1.54) is 19.3 Å². The summed E-state index contributed by atoms with van der Waals surface area (Å²) in [5.41, 5.74) is 5.55. The van der Waals surface area contributed by atoms with Crippen LogP contribution in [-0.2, 0) is 6.54 Å². The van der Waals surface area contributed by atoms with Gasteiger partial charge >= 0.3 is 0 Å². The highest BCUT2D eigenvalue weighted by atomic mass is 15.0. The van der Waals surface area contributed by atoms with Crippen molar-refractivity contribution < 1.29 is 0 Å². The van der Waals surface area contributed by atoms with Gasteiger partial charge < -0.3 is 11.1 Å².